The van der Waals surface area contributed by atoms with Gasteiger partial charge in [0.15, 0.2) is 0 Å². The lowest BCUT2D eigenvalue weighted by Crippen LogP contribution is -2.27. The predicted molar refractivity (Wildman–Crippen MR) is 42.1 cm³/mol. The summed E-state index contributed by atoms with van der Waals surface area (Å²) in [5.74, 6) is 0. The van der Waals surface area contributed by atoms with Gasteiger partial charge in [0.25, 0.3) is 0 Å². The zero-order chi connectivity index (χ0) is 7.49. The first-order chi connectivity index (χ1) is 3.95. The van der Waals surface area contributed by atoms with Crippen molar-refractivity contribution < 1.29 is 0 Å². The molecule has 0 saturated carbocycles. The second-order valence-electron chi connectivity index (χ2n) is 3.71. The van der Waals surface area contributed by atoms with Crippen LogP contribution in [-0.4, -0.2) is 18.0 Å². The van der Waals surface area contributed by atoms with Crippen LogP contribution in [0.2, 0.25) is 0 Å². The summed E-state index contributed by atoms with van der Waals surface area (Å²) in [4.78, 5) is 2.08. The van der Waals surface area contributed by atoms with E-state index in [1.807, 2.05) is 0 Å². The van der Waals surface area contributed by atoms with Crippen molar-refractivity contribution in [3.63, 3.8) is 0 Å². The fourth-order valence-corrected chi connectivity index (χ4v) is 0.783. The van der Waals surface area contributed by atoms with Crippen LogP contribution in [-0.2, 0) is 0 Å². The Morgan fingerprint density at radius 3 is 1.89 bits per heavy atom. The topological polar surface area (TPSA) is 3.24 Å². The Kier molecular flexibility index (Phi) is 3.20. The molecule has 0 aromatic carbocycles. The van der Waals surface area contributed by atoms with Gasteiger partial charge in [0.05, 0.1) is 0 Å². The molecule has 0 aliphatic rings. The van der Waals surface area contributed by atoms with Crippen LogP contribution in [0.1, 0.15) is 27.7 Å². The minimum Gasteiger partial charge on any atom is -0.459 e. The lowest BCUT2D eigenvalue weighted by atomic mass is 9.96. The Morgan fingerprint density at radius 1 is 1.33 bits per heavy atom. The van der Waals surface area contributed by atoms with Gasteiger partial charge in [0.1, 0.15) is 0 Å². The molecule has 1 heteroatoms. The monoisotopic (exact) mass is 128 g/mol. The summed E-state index contributed by atoms with van der Waals surface area (Å²) in [6.45, 7) is 10.9. The molecule has 0 bridgehead atoms. The zero-order valence-corrected chi connectivity index (χ0v) is 7.07. The number of rotatable bonds is 2. The Bertz CT molecular complexity index is 71.1. The normalized spacial score (nSPS) is 12.7. The van der Waals surface area contributed by atoms with Gasteiger partial charge in [-0.25, -0.2) is 0 Å². The van der Waals surface area contributed by atoms with Crippen molar-refractivity contribution in [1.82, 2.24) is 4.90 Å². The van der Waals surface area contributed by atoms with E-state index in [0.29, 0.717) is 5.41 Å². The highest BCUT2D eigenvalue weighted by atomic mass is 15.1. The minimum absolute atomic E-state index is 0.387. The number of hydrogen-bond donors (Lipinski definition) is 0. The van der Waals surface area contributed by atoms with E-state index in [0.717, 1.165) is 13.1 Å². The summed E-state index contributed by atoms with van der Waals surface area (Å²) in [6.07, 6.45) is 0. The molecule has 0 saturated heterocycles. The van der Waals surface area contributed by atoms with E-state index in [1.54, 1.807) is 0 Å². The summed E-state index contributed by atoms with van der Waals surface area (Å²) < 4.78 is 0. The van der Waals surface area contributed by atoms with Gasteiger partial charge in [-0.2, -0.15) is 0 Å². The van der Waals surface area contributed by atoms with Gasteiger partial charge in [-0.05, 0) is 18.5 Å². The van der Waals surface area contributed by atoms with Gasteiger partial charge in [-0.15, -0.1) is 0 Å². The second-order valence-corrected chi connectivity index (χ2v) is 3.71. The summed E-state index contributed by atoms with van der Waals surface area (Å²) in [5, 5.41) is 0. The number of nitrogens with zero attached hydrogens (tertiary/aromatic N) is 1. The summed E-state index contributed by atoms with van der Waals surface area (Å²) in [7, 11) is 3.88. The van der Waals surface area contributed by atoms with E-state index in [1.165, 1.54) is 0 Å². The largest absolute Gasteiger partial charge is 0.459 e. The molecule has 0 rings (SSSR count). The molecule has 0 atom stereocenters. The van der Waals surface area contributed by atoms with E-state index < -0.39 is 0 Å². The molecule has 56 valence electrons. The third-order valence-corrected chi connectivity index (χ3v) is 1.15. The zero-order valence-electron chi connectivity index (χ0n) is 7.07. The molecule has 0 aliphatic heterocycles. The van der Waals surface area contributed by atoms with E-state index in [2.05, 4.69) is 39.6 Å². The first-order valence-corrected chi connectivity index (χ1v) is 3.51. The average Bonchev–Trinajstić information content (AvgIpc) is 1.62. The van der Waals surface area contributed by atoms with Crippen LogP contribution < -0.4 is 0 Å². The molecule has 9 heavy (non-hydrogen) atoms. The Labute approximate surface area is 59.1 Å². The first kappa shape index (κ1) is 8.96. The Morgan fingerprint density at radius 2 is 1.78 bits per heavy atom. The molecule has 0 aromatic rings. The smallest absolute Gasteiger partial charge is 0.0254 e. The van der Waals surface area contributed by atoms with E-state index in [-0.39, 0.29) is 0 Å². The van der Waals surface area contributed by atoms with Crippen molar-refractivity contribution in [3.05, 3.63) is 7.05 Å². The van der Waals surface area contributed by atoms with Crippen LogP contribution in [0.4, 0.5) is 0 Å². The highest BCUT2D eigenvalue weighted by Crippen LogP contribution is 2.13. The molecule has 0 heterocycles. The Balaban J connectivity index is 3.47. The molecular weight excluding hydrogens is 110 g/mol. The SMILES string of the molecule is [CH2-]N(CC)CC(C)(C)C. The van der Waals surface area contributed by atoms with Gasteiger partial charge in [-0.3, -0.25) is 7.05 Å². The van der Waals surface area contributed by atoms with Gasteiger partial charge in [0, 0.05) is 0 Å². The van der Waals surface area contributed by atoms with E-state index >= 15 is 0 Å². The van der Waals surface area contributed by atoms with Crippen LogP contribution >= 0.6 is 0 Å². The molecule has 0 amide bonds. The van der Waals surface area contributed by atoms with Gasteiger partial charge < -0.3 is 4.90 Å². The van der Waals surface area contributed by atoms with Crippen molar-refractivity contribution in [3.8, 4) is 0 Å². The predicted octanol–water partition coefficient (Wildman–Crippen LogP) is 2.15. The molecule has 0 aliphatic carbocycles. The average molecular weight is 128 g/mol. The van der Waals surface area contributed by atoms with E-state index in [9.17, 15) is 0 Å². The van der Waals surface area contributed by atoms with Crippen LogP contribution in [0.15, 0.2) is 0 Å². The van der Waals surface area contributed by atoms with Crippen molar-refractivity contribution >= 4 is 0 Å². The second kappa shape index (κ2) is 3.21. The summed E-state index contributed by atoms with van der Waals surface area (Å²) in [6, 6.07) is 0. The van der Waals surface area contributed by atoms with Crippen molar-refractivity contribution in [2.75, 3.05) is 13.1 Å². The van der Waals surface area contributed by atoms with Crippen LogP contribution in [0.3, 0.4) is 0 Å². The standard InChI is InChI=1S/C8H18N/c1-6-9(5)7-8(2,3)4/h5-7H2,1-4H3/q-1. The molecule has 0 unspecified atom stereocenters. The first-order valence-electron chi connectivity index (χ1n) is 3.51. The highest BCUT2D eigenvalue weighted by molar-refractivity contribution is 4.66. The van der Waals surface area contributed by atoms with Crippen LogP contribution in [0, 0.1) is 12.5 Å². The maximum absolute atomic E-state index is 3.88. The molecule has 0 N–H and O–H groups in total. The molecule has 1 nitrogen and oxygen atoms in total. The fourth-order valence-electron chi connectivity index (χ4n) is 0.783. The van der Waals surface area contributed by atoms with Crippen molar-refractivity contribution in [1.29, 1.82) is 0 Å². The van der Waals surface area contributed by atoms with E-state index in [4.69, 9.17) is 0 Å². The lowest BCUT2D eigenvalue weighted by Gasteiger charge is -2.31. The van der Waals surface area contributed by atoms with Crippen LogP contribution in [0.5, 0.6) is 0 Å². The molecule has 0 spiro atoms. The van der Waals surface area contributed by atoms with Gasteiger partial charge >= 0.3 is 0 Å². The maximum atomic E-state index is 3.88. The van der Waals surface area contributed by atoms with Gasteiger partial charge in [0.2, 0.25) is 0 Å². The minimum atomic E-state index is 0.387. The van der Waals surface area contributed by atoms with Crippen molar-refractivity contribution in [2.24, 2.45) is 5.41 Å². The third-order valence-electron chi connectivity index (χ3n) is 1.15. The molecular formula is C8H18N-. The summed E-state index contributed by atoms with van der Waals surface area (Å²) >= 11 is 0. The third kappa shape index (κ3) is 5.84. The fraction of sp³-hybridized carbons (Fsp3) is 0.875. The van der Waals surface area contributed by atoms with Crippen LogP contribution in [0.25, 0.3) is 0 Å². The molecule has 0 aromatic heterocycles. The summed E-state index contributed by atoms with van der Waals surface area (Å²) in [5.41, 5.74) is 0.387. The van der Waals surface area contributed by atoms with Gasteiger partial charge in [-0.1, -0.05) is 27.7 Å². The number of hydrogen-bond acceptors (Lipinski definition) is 1. The Hall–Kier alpha value is -0.0400. The maximum Gasteiger partial charge on any atom is -0.0254 e. The lowest BCUT2D eigenvalue weighted by molar-refractivity contribution is 0.256. The quantitative estimate of drug-likeness (QED) is 0.515. The van der Waals surface area contributed by atoms with Crippen molar-refractivity contribution in [2.45, 2.75) is 27.7 Å². The molecule has 0 radical (unpaired) electrons. The molecule has 0 fully saturated rings. The highest BCUT2D eigenvalue weighted by Gasteiger charge is 2.08.